The zero-order chi connectivity index (χ0) is 18.7. The molecule has 1 saturated heterocycles. The van der Waals surface area contributed by atoms with Crippen LogP contribution in [0.2, 0.25) is 0 Å². The van der Waals surface area contributed by atoms with Gasteiger partial charge in [0.2, 0.25) is 5.91 Å². The summed E-state index contributed by atoms with van der Waals surface area (Å²) in [6, 6.07) is 13.8. The fourth-order valence-electron chi connectivity index (χ4n) is 3.09. The lowest BCUT2D eigenvalue weighted by Crippen LogP contribution is -2.57. The molecular weight excluding hydrogens is 332 g/mol. The summed E-state index contributed by atoms with van der Waals surface area (Å²) in [6.45, 7) is 2.68. The van der Waals surface area contributed by atoms with Crippen molar-refractivity contribution in [3.63, 3.8) is 0 Å². The standard InChI is InChI=1S/C20H22N2O4/c1-14-19(23)22(16-7-9-17(25-2)10-8-16)12-11-21(14)20(24)15-5-4-6-18(13-15)26-3/h4-10,13-14H,11-12H2,1-3H3. The van der Waals surface area contributed by atoms with E-state index in [1.54, 1.807) is 55.2 Å². The summed E-state index contributed by atoms with van der Waals surface area (Å²) in [5.41, 5.74) is 1.32. The molecule has 0 aromatic heterocycles. The number of hydrogen-bond donors (Lipinski definition) is 0. The number of methoxy groups -OCH3 is 2. The molecular formula is C20H22N2O4. The Bertz CT molecular complexity index is 804. The third-order valence-corrected chi connectivity index (χ3v) is 4.62. The second-order valence-corrected chi connectivity index (χ2v) is 6.09. The Kier molecular flexibility index (Phi) is 5.11. The third kappa shape index (κ3) is 3.35. The van der Waals surface area contributed by atoms with Crippen LogP contribution in [-0.4, -0.2) is 50.1 Å². The Morgan fingerprint density at radius 2 is 1.69 bits per heavy atom. The van der Waals surface area contributed by atoms with E-state index in [9.17, 15) is 9.59 Å². The number of carbonyl (C=O) groups is 2. The summed E-state index contributed by atoms with van der Waals surface area (Å²) in [5.74, 6) is 1.09. The van der Waals surface area contributed by atoms with E-state index in [-0.39, 0.29) is 11.8 Å². The van der Waals surface area contributed by atoms with Gasteiger partial charge in [-0.15, -0.1) is 0 Å². The smallest absolute Gasteiger partial charge is 0.254 e. The summed E-state index contributed by atoms with van der Waals surface area (Å²) in [6.07, 6.45) is 0. The zero-order valence-corrected chi connectivity index (χ0v) is 15.1. The number of rotatable bonds is 4. The van der Waals surface area contributed by atoms with Crippen molar-refractivity contribution in [3.05, 3.63) is 54.1 Å². The van der Waals surface area contributed by atoms with E-state index in [0.717, 1.165) is 11.4 Å². The van der Waals surface area contributed by atoms with Crippen LogP contribution in [-0.2, 0) is 4.79 Å². The average Bonchev–Trinajstić information content (AvgIpc) is 2.69. The molecule has 0 aliphatic carbocycles. The zero-order valence-electron chi connectivity index (χ0n) is 15.1. The number of anilines is 1. The Balaban J connectivity index is 1.77. The van der Waals surface area contributed by atoms with Crippen molar-refractivity contribution in [2.45, 2.75) is 13.0 Å². The molecule has 1 unspecified atom stereocenters. The van der Waals surface area contributed by atoms with Crippen LogP contribution < -0.4 is 14.4 Å². The maximum absolute atomic E-state index is 12.8. The highest BCUT2D eigenvalue weighted by molar-refractivity contribution is 6.03. The molecule has 1 heterocycles. The summed E-state index contributed by atoms with van der Waals surface area (Å²) in [5, 5.41) is 0. The van der Waals surface area contributed by atoms with Crippen molar-refractivity contribution in [2.24, 2.45) is 0 Å². The van der Waals surface area contributed by atoms with Gasteiger partial charge in [0.1, 0.15) is 17.5 Å². The Hall–Kier alpha value is -3.02. The molecule has 0 radical (unpaired) electrons. The van der Waals surface area contributed by atoms with Crippen LogP contribution in [0.5, 0.6) is 11.5 Å². The SMILES string of the molecule is COc1ccc(N2CCN(C(=O)c3cccc(OC)c3)C(C)C2=O)cc1. The minimum absolute atomic E-state index is 0.0994. The van der Waals surface area contributed by atoms with Crippen molar-refractivity contribution < 1.29 is 19.1 Å². The molecule has 3 rings (SSSR count). The first kappa shape index (κ1) is 17.8. The van der Waals surface area contributed by atoms with Crippen LogP contribution in [0.3, 0.4) is 0 Å². The van der Waals surface area contributed by atoms with Crippen LogP contribution in [0, 0.1) is 0 Å². The van der Waals surface area contributed by atoms with Gasteiger partial charge in [-0.1, -0.05) is 6.07 Å². The van der Waals surface area contributed by atoms with Gasteiger partial charge >= 0.3 is 0 Å². The number of hydrogen-bond acceptors (Lipinski definition) is 4. The molecule has 2 amide bonds. The largest absolute Gasteiger partial charge is 0.497 e. The monoisotopic (exact) mass is 354 g/mol. The van der Waals surface area contributed by atoms with E-state index in [0.29, 0.717) is 24.4 Å². The molecule has 26 heavy (non-hydrogen) atoms. The highest BCUT2D eigenvalue weighted by Gasteiger charge is 2.35. The summed E-state index contributed by atoms with van der Waals surface area (Å²) >= 11 is 0. The highest BCUT2D eigenvalue weighted by atomic mass is 16.5. The summed E-state index contributed by atoms with van der Waals surface area (Å²) in [7, 11) is 3.16. The number of nitrogens with zero attached hydrogens (tertiary/aromatic N) is 2. The summed E-state index contributed by atoms with van der Waals surface area (Å²) < 4.78 is 10.3. The highest BCUT2D eigenvalue weighted by Crippen LogP contribution is 2.24. The fraction of sp³-hybridized carbons (Fsp3) is 0.300. The van der Waals surface area contributed by atoms with Crippen LogP contribution in [0.15, 0.2) is 48.5 Å². The maximum atomic E-state index is 12.8. The molecule has 1 atom stereocenters. The van der Waals surface area contributed by atoms with Gasteiger partial charge in [0.25, 0.3) is 5.91 Å². The quantitative estimate of drug-likeness (QED) is 0.847. The van der Waals surface area contributed by atoms with E-state index in [4.69, 9.17) is 9.47 Å². The molecule has 1 aliphatic heterocycles. The van der Waals surface area contributed by atoms with Gasteiger partial charge in [-0.05, 0) is 49.4 Å². The Morgan fingerprint density at radius 3 is 2.35 bits per heavy atom. The van der Waals surface area contributed by atoms with Crippen molar-refractivity contribution in [1.82, 2.24) is 4.90 Å². The molecule has 6 nitrogen and oxygen atoms in total. The van der Waals surface area contributed by atoms with Crippen molar-refractivity contribution >= 4 is 17.5 Å². The number of ether oxygens (including phenoxy) is 2. The van der Waals surface area contributed by atoms with E-state index >= 15 is 0 Å². The van der Waals surface area contributed by atoms with E-state index in [2.05, 4.69) is 0 Å². The lowest BCUT2D eigenvalue weighted by molar-refractivity contribution is -0.124. The maximum Gasteiger partial charge on any atom is 0.254 e. The number of carbonyl (C=O) groups excluding carboxylic acids is 2. The van der Waals surface area contributed by atoms with Crippen molar-refractivity contribution in [1.29, 1.82) is 0 Å². The first-order valence-corrected chi connectivity index (χ1v) is 8.45. The number of amides is 2. The van der Waals surface area contributed by atoms with Gasteiger partial charge in [0.15, 0.2) is 0 Å². The van der Waals surface area contributed by atoms with Crippen LogP contribution in [0.1, 0.15) is 17.3 Å². The average molecular weight is 354 g/mol. The van der Waals surface area contributed by atoms with Gasteiger partial charge in [-0.3, -0.25) is 9.59 Å². The first-order chi connectivity index (χ1) is 12.5. The molecule has 136 valence electrons. The van der Waals surface area contributed by atoms with Gasteiger partial charge < -0.3 is 19.3 Å². The number of benzene rings is 2. The topological polar surface area (TPSA) is 59.1 Å². The molecule has 1 aliphatic rings. The lowest BCUT2D eigenvalue weighted by atomic mass is 10.1. The Labute approximate surface area is 152 Å². The fourth-order valence-corrected chi connectivity index (χ4v) is 3.09. The van der Waals surface area contributed by atoms with Crippen molar-refractivity contribution in [3.8, 4) is 11.5 Å². The molecule has 2 aromatic carbocycles. The van der Waals surface area contributed by atoms with Crippen LogP contribution >= 0.6 is 0 Å². The predicted octanol–water partition coefficient (Wildman–Crippen LogP) is 2.58. The molecule has 1 fully saturated rings. The van der Waals surface area contributed by atoms with Crippen LogP contribution in [0.25, 0.3) is 0 Å². The summed E-state index contributed by atoms with van der Waals surface area (Å²) in [4.78, 5) is 29.0. The van der Waals surface area contributed by atoms with Crippen LogP contribution in [0.4, 0.5) is 5.69 Å². The number of piperazine rings is 1. The predicted molar refractivity (Wildman–Crippen MR) is 98.8 cm³/mol. The molecule has 6 heteroatoms. The molecule has 0 bridgehead atoms. The second kappa shape index (κ2) is 7.47. The van der Waals surface area contributed by atoms with E-state index in [1.165, 1.54) is 0 Å². The second-order valence-electron chi connectivity index (χ2n) is 6.09. The Morgan fingerprint density at radius 1 is 1.00 bits per heavy atom. The molecule has 2 aromatic rings. The van der Waals surface area contributed by atoms with Crippen molar-refractivity contribution in [2.75, 3.05) is 32.2 Å². The molecule has 0 N–H and O–H groups in total. The molecule has 0 spiro atoms. The van der Waals surface area contributed by atoms with E-state index < -0.39 is 6.04 Å². The first-order valence-electron chi connectivity index (χ1n) is 8.45. The molecule has 0 saturated carbocycles. The minimum atomic E-state index is -0.537. The third-order valence-electron chi connectivity index (χ3n) is 4.62. The lowest BCUT2D eigenvalue weighted by Gasteiger charge is -2.39. The van der Waals surface area contributed by atoms with Gasteiger partial charge in [0, 0.05) is 24.3 Å². The normalized spacial score (nSPS) is 17.2. The van der Waals surface area contributed by atoms with E-state index in [1.807, 2.05) is 24.3 Å². The van der Waals surface area contributed by atoms with Gasteiger partial charge in [-0.25, -0.2) is 0 Å². The minimum Gasteiger partial charge on any atom is -0.497 e. The van der Waals surface area contributed by atoms with Gasteiger partial charge in [0.05, 0.1) is 14.2 Å². The van der Waals surface area contributed by atoms with Gasteiger partial charge in [-0.2, -0.15) is 0 Å².